The van der Waals surface area contributed by atoms with Crippen LogP contribution in [-0.2, 0) is 0 Å². The standard InChI is InChI=1S/C19H20ClNO3/c1-19(2)11-15(13-6-4-5-7-16(13)24-19)21-18(22)12-8-9-17(23-3)14(20)10-12/h4-10,15H,11H2,1-3H3,(H,21,22)/t15-/m0/s1. The van der Waals surface area contributed by atoms with E-state index in [-0.39, 0.29) is 17.6 Å². The molecule has 24 heavy (non-hydrogen) atoms. The average molecular weight is 346 g/mol. The highest BCUT2D eigenvalue weighted by atomic mass is 35.5. The van der Waals surface area contributed by atoms with E-state index in [0.29, 0.717) is 22.8 Å². The van der Waals surface area contributed by atoms with Crippen LogP contribution in [0.3, 0.4) is 0 Å². The largest absolute Gasteiger partial charge is 0.495 e. The Labute approximate surface area is 146 Å². The van der Waals surface area contributed by atoms with Gasteiger partial charge in [0.2, 0.25) is 0 Å². The van der Waals surface area contributed by atoms with Crippen LogP contribution in [0.15, 0.2) is 42.5 Å². The molecule has 0 unspecified atom stereocenters. The molecule has 2 aromatic rings. The van der Waals surface area contributed by atoms with Crippen molar-refractivity contribution in [2.45, 2.75) is 31.9 Å². The molecule has 5 heteroatoms. The number of ether oxygens (including phenoxy) is 2. The second-order valence-corrected chi connectivity index (χ2v) is 6.89. The first kappa shape index (κ1) is 16.7. The molecule has 1 amide bonds. The summed E-state index contributed by atoms with van der Waals surface area (Å²) in [6.07, 6.45) is 0.694. The van der Waals surface area contributed by atoms with Crippen LogP contribution in [0.1, 0.15) is 42.2 Å². The lowest BCUT2D eigenvalue weighted by Crippen LogP contribution is -2.41. The van der Waals surface area contributed by atoms with E-state index < -0.39 is 0 Å². The van der Waals surface area contributed by atoms with Crippen molar-refractivity contribution >= 4 is 17.5 Å². The van der Waals surface area contributed by atoms with Crippen molar-refractivity contribution in [3.63, 3.8) is 0 Å². The SMILES string of the molecule is COc1ccc(C(=O)N[C@H]2CC(C)(C)Oc3ccccc32)cc1Cl. The van der Waals surface area contributed by atoms with Crippen molar-refractivity contribution in [1.82, 2.24) is 5.32 Å². The number of carbonyl (C=O) groups excluding carboxylic acids is 1. The number of benzene rings is 2. The van der Waals surface area contributed by atoms with Gasteiger partial charge in [-0.25, -0.2) is 0 Å². The molecule has 0 aliphatic carbocycles. The van der Waals surface area contributed by atoms with Gasteiger partial charge in [-0.3, -0.25) is 4.79 Å². The molecule has 1 aliphatic heterocycles. The lowest BCUT2D eigenvalue weighted by atomic mass is 9.89. The number of amides is 1. The van der Waals surface area contributed by atoms with Gasteiger partial charge < -0.3 is 14.8 Å². The minimum Gasteiger partial charge on any atom is -0.495 e. The summed E-state index contributed by atoms with van der Waals surface area (Å²) >= 11 is 6.12. The van der Waals surface area contributed by atoms with Crippen molar-refractivity contribution in [3.05, 3.63) is 58.6 Å². The van der Waals surface area contributed by atoms with Gasteiger partial charge >= 0.3 is 0 Å². The molecule has 0 fully saturated rings. The number of nitrogens with one attached hydrogen (secondary N) is 1. The lowest BCUT2D eigenvalue weighted by molar-refractivity contribution is 0.0619. The van der Waals surface area contributed by atoms with E-state index in [1.54, 1.807) is 25.3 Å². The Bertz CT molecular complexity index is 773. The summed E-state index contributed by atoms with van der Waals surface area (Å²) in [6, 6.07) is 12.7. The highest BCUT2D eigenvalue weighted by Gasteiger charge is 2.34. The van der Waals surface area contributed by atoms with Crippen LogP contribution in [0.25, 0.3) is 0 Å². The lowest BCUT2D eigenvalue weighted by Gasteiger charge is -2.37. The van der Waals surface area contributed by atoms with E-state index in [2.05, 4.69) is 5.32 Å². The van der Waals surface area contributed by atoms with Crippen molar-refractivity contribution in [2.24, 2.45) is 0 Å². The maximum atomic E-state index is 12.6. The highest BCUT2D eigenvalue weighted by Crippen LogP contribution is 2.39. The molecule has 3 rings (SSSR count). The Morgan fingerprint density at radius 2 is 2.04 bits per heavy atom. The van der Waals surface area contributed by atoms with Gasteiger partial charge in [0.15, 0.2) is 0 Å². The van der Waals surface area contributed by atoms with Gasteiger partial charge in [0.05, 0.1) is 18.2 Å². The van der Waals surface area contributed by atoms with E-state index in [9.17, 15) is 4.79 Å². The summed E-state index contributed by atoms with van der Waals surface area (Å²) in [6.45, 7) is 4.04. The van der Waals surface area contributed by atoms with Crippen molar-refractivity contribution in [1.29, 1.82) is 0 Å². The monoisotopic (exact) mass is 345 g/mol. The number of rotatable bonds is 3. The summed E-state index contributed by atoms with van der Waals surface area (Å²) < 4.78 is 11.1. The van der Waals surface area contributed by atoms with Crippen molar-refractivity contribution in [3.8, 4) is 11.5 Å². The van der Waals surface area contributed by atoms with Crippen molar-refractivity contribution in [2.75, 3.05) is 7.11 Å². The van der Waals surface area contributed by atoms with Crippen molar-refractivity contribution < 1.29 is 14.3 Å². The van der Waals surface area contributed by atoms with E-state index in [0.717, 1.165) is 11.3 Å². The molecule has 0 saturated heterocycles. The van der Waals surface area contributed by atoms with Gasteiger partial charge in [-0.15, -0.1) is 0 Å². The molecular weight excluding hydrogens is 326 g/mol. The molecule has 1 atom stereocenters. The van der Waals surface area contributed by atoms with Gasteiger partial charge in [0.25, 0.3) is 5.91 Å². The highest BCUT2D eigenvalue weighted by molar-refractivity contribution is 6.32. The van der Waals surface area contributed by atoms with E-state index in [1.165, 1.54) is 0 Å². The summed E-state index contributed by atoms with van der Waals surface area (Å²) in [4.78, 5) is 12.6. The number of fused-ring (bicyclic) bond motifs is 1. The summed E-state index contributed by atoms with van der Waals surface area (Å²) in [5, 5.41) is 3.51. The maximum Gasteiger partial charge on any atom is 0.251 e. The summed E-state index contributed by atoms with van der Waals surface area (Å²) in [5.74, 6) is 1.19. The zero-order valence-electron chi connectivity index (χ0n) is 13.9. The third-order valence-electron chi connectivity index (χ3n) is 4.10. The molecule has 0 saturated carbocycles. The first-order valence-corrected chi connectivity index (χ1v) is 8.20. The molecule has 0 radical (unpaired) electrons. The maximum absolute atomic E-state index is 12.6. The number of methoxy groups -OCH3 is 1. The van der Waals surface area contributed by atoms with Gasteiger partial charge in [0.1, 0.15) is 17.1 Å². The minimum atomic E-state index is -0.343. The molecule has 4 nitrogen and oxygen atoms in total. The minimum absolute atomic E-state index is 0.113. The Kier molecular flexibility index (Phi) is 4.41. The second-order valence-electron chi connectivity index (χ2n) is 6.48. The van der Waals surface area contributed by atoms with Crippen LogP contribution in [0.4, 0.5) is 0 Å². The Morgan fingerprint density at radius 3 is 2.75 bits per heavy atom. The van der Waals surface area contributed by atoms with E-state index >= 15 is 0 Å². The fourth-order valence-corrected chi connectivity index (χ4v) is 3.24. The topological polar surface area (TPSA) is 47.6 Å². The molecule has 1 heterocycles. The van der Waals surface area contributed by atoms with Crippen LogP contribution < -0.4 is 14.8 Å². The molecule has 0 aromatic heterocycles. The normalized spacial score (nSPS) is 18.2. The fourth-order valence-electron chi connectivity index (χ4n) is 2.98. The number of halogens is 1. The van der Waals surface area contributed by atoms with Gasteiger partial charge in [-0.2, -0.15) is 0 Å². The predicted molar refractivity (Wildman–Crippen MR) is 94.0 cm³/mol. The molecule has 0 bridgehead atoms. The number of para-hydroxylation sites is 1. The van der Waals surface area contributed by atoms with Crippen LogP contribution >= 0.6 is 11.6 Å². The van der Waals surface area contributed by atoms with Crippen LogP contribution in [0, 0.1) is 0 Å². The number of hydrogen-bond donors (Lipinski definition) is 1. The van der Waals surface area contributed by atoms with Crippen LogP contribution in [-0.4, -0.2) is 18.6 Å². The molecule has 0 spiro atoms. The second kappa shape index (κ2) is 6.36. The van der Waals surface area contributed by atoms with Crippen LogP contribution in [0.2, 0.25) is 5.02 Å². The molecule has 1 aliphatic rings. The predicted octanol–water partition coefficient (Wildman–Crippen LogP) is 4.38. The van der Waals surface area contributed by atoms with E-state index in [4.69, 9.17) is 21.1 Å². The average Bonchev–Trinajstić information content (AvgIpc) is 2.53. The smallest absolute Gasteiger partial charge is 0.251 e. The molecule has 126 valence electrons. The zero-order chi connectivity index (χ0) is 17.3. The zero-order valence-corrected chi connectivity index (χ0v) is 14.7. The third-order valence-corrected chi connectivity index (χ3v) is 4.39. The first-order chi connectivity index (χ1) is 11.4. The number of carbonyl (C=O) groups is 1. The van der Waals surface area contributed by atoms with Gasteiger partial charge in [-0.1, -0.05) is 29.8 Å². The first-order valence-electron chi connectivity index (χ1n) is 7.82. The molecule has 2 aromatic carbocycles. The van der Waals surface area contributed by atoms with E-state index in [1.807, 2.05) is 38.1 Å². The quantitative estimate of drug-likeness (QED) is 0.898. The Morgan fingerprint density at radius 1 is 1.29 bits per heavy atom. The van der Waals surface area contributed by atoms with Crippen LogP contribution in [0.5, 0.6) is 11.5 Å². The van der Waals surface area contributed by atoms with Gasteiger partial charge in [0, 0.05) is 17.5 Å². The fraction of sp³-hybridized carbons (Fsp3) is 0.316. The summed E-state index contributed by atoms with van der Waals surface area (Å²) in [5.41, 5.74) is 1.15. The third kappa shape index (κ3) is 3.34. The Balaban J connectivity index is 1.85. The number of hydrogen-bond acceptors (Lipinski definition) is 3. The Hall–Kier alpha value is -2.20. The summed E-state index contributed by atoms with van der Waals surface area (Å²) in [7, 11) is 1.54. The molecule has 1 N–H and O–H groups in total. The van der Waals surface area contributed by atoms with Gasteiger partial charge in [-0.05, 0) is 38.1 Å². The molecular formula is C19H20ClNO3.